The van der Waals surface area contributed by atoms with Gasteiger partial charge in [-0.1, -0.05) is 6.92 Å². The average molecular weight is 260 g/mol. The fourth-order valence-electron chi connectivity index (χ4n) is 1.56. The molecule has 0 fully saturated rings. The summed E-state index contributed by atoms with van der Waals surface area (Å²) in [7, 11) is 0.188. The molecular weight excluding hydrogens is 240 g/mol. The Bertz CT molecular complexity index is 453. The highest BCUT2D eigenvalue weighted by Crippen LogP contribution is 2.06. The van der Waals surface area contributed by atoms with E-state index in [2.05, 4.69) is 22.1 Å². The summed E-state index contributed by atoms with van der Waals surface area (Å²) in [6.07, 6.45) is 2.84. The van der Waals surface area contributed by atoms with Crippen molar-refractivity contribution < 1.29 is 8.42 Å². The summed E-state index contributed by atoms with van der Waals surface area (Å²) in [4.78, 5) is 0. The van der Waals surface area contributed by atoms with Crippen LogP contribution in [0.5, 0.6) is 0 Å². The normalized spacial score (nSPS) is 11.9. The van der Waals surface area contributed by atoms with Gasteiger partial charge in [0.2, 0.25) is 10.0 Å². The van der Waals surface area contributed by atoms with E-state index in [4.69, 9.17) is 0 Å². The lowest BCUT2D eigenvalue weighted by Gasteiger charge is -2.04. The number of rotatable bonds is 7. The standard InChI is InChI=1S/C10H20N4O2S/c1-4-10-9(8-14(3)13-10)7-12-5-6-17(15,16)11-2/h8,11-12H,4-7H2,1-3H3. The van der Waals surface area contributed by atoms with Gasteiger partial charge in [0.15, 0.2) is 0 Å². The van der Waals surface area contributed by atoms with Crippen LogP contribution in [-0.2, 0) is 30.0 Å². The highest BCUT2D eigenvalue weighted by molar-refractivity contribution is 7.89. The fraction of sp³-hybridized carbons (Fsp3) is 0.700. The van der Waals surface area contributed by atoms with Gasteiger partial charge in [-0.05, 0) is 13.5 Å². The molecule has 6 nitrogen and oxygen atoms in total. The number of aryl methyl sites for hydroxylation is 2. The molecule has 0 aliphatic heterocycles. The van der Waals surface area contributed by atoms with Crippen molar-refractivity contribution in [2.45, 2.75) is 19.9 Å². The molecule has 2 N–H and O–H groups in total. The van der Waals surface area contributed by atoms with Crippen molar-refractivity contribution >= 4 is 10.0 Å². The first kappa shape index (κ1) is 14.1. The molecule has 98 valence electrons. The maximum atomic E-state index is 11.2. The molecule has 0 spiro atoms. The quantitative estimate of drug-likeness (QED) is 0.655. The van der Waals surface area contributed by atoms with Gasteiger partial charge in [-0.15, -0.1) is 0 Å². The zero-order valence-electron chi connectivity index (χ0n) is 10.5. The Morgan fingerprint density at radius 2 is 2.18 bits per heavy atom. The number of sulfonamides is 1. The van der Waals surface area contributed by atoms with Crippen LogP contribution in [0.4, 0.5) is 0 Å². The largest absolute Gasteiger partial charge is 0.311 e. The summed E-state index contributed by atoms with van der Waals surface area (Å²) in [5.41, 5.74) is 2.17. The Hall–Kier alpha value is -0.920. The minimum Gasteiger partial charge on any atom is -0.311 e. The monoisotopic (exact) mass is 260 g/mol. The summed E-state index contributed by atoms with van der Waals surface area (Å²) in [6, 6.07) is 0. The van der Waals surface area contributed by atoms with Crippen LogP contribution in [0.15, 0.2) is 6.20 Å². The third-order valence-electron chi connectivity index (χ3n) is 2.50. The molecule has 0 saturated heterocycles. The van der Waals surface area contributed by atoms with Crippen LogP contribution in [0.1, 0.15) is 18.2 Å². The number of nitrogens with zero attached hydrogens (tertiary/aromatic N) is 2. The van der Waals surface area contributed by atoms with Gasteiger partial charge in [-0.2, -0.15) is 5.10 Å². The topological polar surface area (TPSA) is 76.0 Å². The zero-order chi connectivity index (χ0) is 12.9. The van der Waals surface area contributed by atoms with Crippen molar-refractivity contribution in [3.63, 3.8) is 0 Å². The fourth-order valence-corrected chi connectivity index (χ4v) is 2.18. The highest BCUT2D eigenvalue weighted by Gasteiger charge is 2.07. The smallest absolute Gasteiger partial charge is 0.212 e. The summed E-state index contributed by atoms with van der Waals surface area (Å²) < 4.78 is 26.4. The molecular formula is C10H20N4O2S. The number of aromatic nitrogens is 2. The van der Waals surface area contributed by atoms with Crippen molar-refractivity contribution in [2.24, 2.45) is 7.05 Å². The molecule has 1 aromatic rings. The maximum absolute atomic E-state index is 11.2. The molecule has 0 unspecified atom stereocenters. The van der Waals surface area contributed by atoms with Crippen molar-refractivity contribution in [3.8, 4) is 0 Å². The summed E-state index contributed by atoms with van der Waals surface area (Å²) in [5.74, 6) is 0.0885. The lowest BCUT2D eigenvalue weighted by molar-refractivity contribution is 0.583. The van der Waals surface area contributed by atoms with Gasteiger partial charge in [-0.25, -0.2) is 13.1 Å². The third-order valence-corrected chi connectivity index (χ3v) is 3.86. The van der Waals surface area contributed by atoms with Crippen LogP contribution in [0.3, 0.4) is 0 Å². The second kappa shape index (κ2) is 6.13. The van der Waals surface area contributed by atoms with E-state index in [9.17, 15) is 8.42 Å². The van der Waals surface area contributed by atoms with E-state index in [-0.39, 0.29) is 5.75 Å². The first-order valence-electron chi connectivity index (χ1n) is 5.62. The summed E-state index contributed by atoms with van der Waals surface area (Å²) >= 11 is 0. The molecule has 7 heteroatoms. The maximum Gasteiger partial charge on any atom is 0.212 e. The van der Waals surface area contributed by atoms with E-state index in [0.717, 1.165) is 17.7 Å². The minimum atomic E-state index is -3.12. The van der Waals surface area contributed by atoms with Crippen LogP contribution in [0.25, 0.3) is 0 Å². The first-order valence-corrected chi connectivity index (χ1v) is 7.27. The molecule has 1 rings (SSSR count). The summed E-state index contributed by atoms with van der Waals surface area (Å²) in [6.45, 7) is 3.13. The lowest BCUT2D eigenvalue weighted by atomic mass is 10.2. The molecule has 0 radical (unpaired) electrons. The Morgan fingerprint density at radius 1 is 1.47 bits per heavy atom. The van der Waals surface area contributed by atoms with Gasteiger partial charge in [0, 0.05) is 31.9 Å². The molecule has 0 aliphatic carbocycles. The Kier molecular flexibility index (Phi) is 5.10. The summed E-state index contributed by atoms with van der Waals surface area (Å²) in [5, 5.41) is 7.43. The van der Waals surface area contributed by atoms with Gasteiger partial charge < -0.3 is 5.32 Å². The number of hydrogen-bond acceptors (Lipinski definition) is 4. The van der Waals surface area contributed by atoms with Gasteiger partial charge in [0.25, 0.3) is 0 Å². The predicted molar refractivity (Wildman–Crippen MR) is 67.1 cm³/mol. The molecule has 0 aliphatic rings. The molecule has 1 heterocycles. The molecule has 0 aromatic carbocycles. The highest BCUT2D eigenvalue weighted by atomic mass is 32.2. The van der Waals surface area contributed by atoms with E-state index in [0.29, 0.717) is 13.1 Å². The molecule has 0 atom stereocenters. The molecule has 17 heavy (non-hydrogen) atoms. The van der Waals surface area contributed by atoms with Gasteiger partial charge >= 0.3 is 0 Å². The van der Waals surface area contributed by atoms with E-state index in [1.807, 2.05) is 13.2 Å². The van der Waals surface area contributed by atoms with Gasteiger partial charge in [-0.3, -0.25) is 4.68 Å². The third kappa shape index (κ3) is 4.45. The van der Waals surface area contributed by atoms with Crippen molar-refractivity contribution in [3.05, 3.63) is 17.5 Å². The Balaban J connectivity index is 2.41. The van der Waals surface area contributed by atoms with Crippen LogP contribution < -0.4 is 10.0 Å². The van der Waals surface area contributed by atoms with E-state index >= 15 is 0 Å². The zero-order valence-corrected chi connectivity index (χ0v) is 11.3. The van der Waals surface area contributed by atoms with Crippen molar-refractivity contribution in [1.82, 2.24) is 19.8 Å². The lowest BCUT2D eigenvalue weighted by Crippen LogP contribution is -2.29. The second-order valence-electron chi connectivity index (χ2n) is 3.83. The van der Waals surface area contributed by atoms with Crippen LogP contribution in [0, 0.1) is 0 Å². The predicted octanol–water partition coefficient (Wildman–Crippen LogP) is -0.379. The first-order chi connectivity index (χ1) is 7.98. The molecule has 1 aromatic heterocycles. The SMILES string of the molecule is CCc1nn(C)cc1CNCCS(=O)(=O)NC. The average Bonchev–Trinajstić information content (AvgIpc) is 2.65. The molecule has 0 bridgehead atoms. The van der Waals surface area contributed by atoms with Crippen molar-refractivity contribution in [2.75, 3.05) is 19.3 Å². The minimum absolute atomic E-state index is 0.0885. The second-order valence-corrected chi connectivity index (χ2v) is 5.87. The van der Waals surface area contributed by atoms with Gasteiger partial charge in [0.1, 0.15) is 0 Å². The van der Waals surface area contributed by atoms with Crippen LogP contribution in [0.2, 0.25) is 0 Å². The number of hydrogen-bond donors (Lipinski definition) is 2. The van der Waals surface area contributed by atoms with Gasteiger partial charge in [0.05, 0.1) is 11.4 Å². The Morgan fingerprint density at radius 3 is 2.76 bits per heavy atom. The molecule has 0 saturated carbocycles. The van der Waals surface area contributed by atoms with Crippen LogP contribution >= 0.6 is 0 Å². The van der Waals surface area contributed by atoms with Crippen molar-refractivity contribution in [1.29, 1.82) is 0 Å². The van der Waals surface area contributed by atoms with E-state index < -0.39 is 10.0 Å². The number of nitrogens with one attached hydrogen (secondary N) is 2. The van der Waals surface area contributed by atoms with Crippen LogP contribution in [-0.4, -0.2) is 37.5 Å². The molecule has 0 amide bonds. The van der Waals surface area contributed by atoms with E-state index in [1.165, 1.54) is 7.05 Å². The Labute approximate surface area is 102 Å². The van der Waals surface area contributed by atoms with E-state index in [1.54, 1.807) is 4.68 Å².